The van der Waals surface area contributed by atoms with Gasteiger partial charge in [-0.05, 0) is 45.0 Å². The summed E-state index contributed by atoms with van der Waals surface area (Å²) in [7, 11) is 0. The molecule has 1 heterocycles. The Morgan fingerprint density at radius 2 is 2.17 bits per heavy atom. The zero-order valence-electron chi connectivity index (χ0n) is 14.1. The fraction of sp³-hybridized carbons (Fsp3) is 0.444. The van der Waals surface area contributed by atoms with E-state index in [1.807, 2.05) is 6.92 Å². The number of aromatic nitrogens is 2. The molecule has 5 heteroatoms. The molecule has 0 fully saturated rings. The van der Waals surface area contributed by atoms with Gasteiger partial charge in [-0.3, -0.25) is 4.90 Å². The van der Waals surface area contributed by atoms with Gasteiger partial charge in [0.15, 0.2) is 0 Å². The molecule has 2 aromatic rings. The van der Waals surface area contributed by atoms with Crippen molar-refractivity contribution in [1.82, 2.24) is 15.0 Å². The monoisotopic (exact) mass is 317 g/mol. The second-order valence-corrected chi connectivity index (χ2v) is 5.91. The second kappa shape index (κ2) is 8.02. The maximum atomic E-state index is 13.6. The Morgan fingerprint density at radius 1 is 1.39 bits per heavy atom. The van der Waals surface area contributed by atoms with Crippen molar-refractivity contribution >= 4 is 0 Å². The predicted molar refractivity (Wildman–Crippen MR) is 89.7 cm³/mol. The highest BCUT2D eigenvalue weighted by Gasteiger charge is 2.11. The molecule has 124 valence electrons. The Balaban J connectivity index is 1.92. The smallest absolute Gasteiger partial charge is 0.227 e. The Hall–Kier alpha value is -2.01. The quantitative estimate of drug-likeness (QED) is 0.690. The molecule has 0 N–H and O–H groups in total. The Bertz CT molecular complexity index is 666. The maximum absolute atomic E-state index is 13.6. The SMILES string of the molecule is C=C(C)CN(CC)CCCc1nc(-c2ccc(C)c(F)c2)no1. The summed E-state index contributed by atoms with van der Waals surface area (Å²) in [6.45, 7) is 12.7. The summed E-state index contributed by atoms with van der Waals surface area (Å²) >= 11 is 0. The van der Waals surface area contributed by atoms with E-state index in [1.54, 1.807) is 19.1 Å². The fourth-order valence-corrected chi connectivity index (χ4v) is 2.39. The number of rotatable bonds is 8. The van der Waals surface area contributed by atoms with E-state index in [1.165, 1.54) is 6.07 Å². The summed E-state index contributed by atoms with van der Waals surface area (Å²) < 4.78 is 18.9. The van der Waals surface area contributed by atoms with Crippen LogP contribution >= 0.6 is 0 Å². The fourth-order valence-electron chi connectivity index (χ4n) is 2.39. The number of hydrogen-bond donors (Lipinski definition) is 0. The van der Waals surface area contributed by atoms with Crippen molar-refractivity contribution in [3.05, 3.63) is 47.6 Å². The molecule has 2 rings (SSSR count). The number of aryl methyl sites for hydroxylation is 2. The van der Waals surface area contributed by atoms with E-state index >= 15 is 0 Å². The van der Waals surface area contributed by atoms with E-state index in [9.17, 15) is 4.39 Å². The highest BCUT2D eigenvalue weighted by molar-refractivity contribution is 5.54. The number of halogens is 1. The molecular weight excluding hydrogens is 293 g/mol. The molecular formula is C18H24FN3O. The predicted octanol–water partition coefficient (Wildman–Crippen LogP) is 4.01. The largest absolute Gasteiger partial charge is 0.339 e. The molecule has 0 saturated heterocycles. The van der Waals surface area contributed by atoms with Crippen molar-refractivity contribution in [3.63, 3.8) is 0 Å². The minimum atomic E-state index is -0.257. The van der Waals surface area contributed by atoms with E-state index in [2.05, 4.69) is 28.5 Å². The van der Waals surface area contributed by atoms with Crippen molar-refractivity contribution in [3.8, 4) is 11.4 Å². The van der Waals surface area contributed by atoms with Crippen LogP contribution in [0.4, 0.5) is 4.39 Å². The summed E-state index contributed by atoms with van der Waals surface area (Å²) in [5.74, 6) is 0.771. The van der Waals surface area contributed by atoms with Crippen LogP contribution in [0.15, 0.2) is 34.9 Å². The lowest BCUT2D eigenvalue weighted by molar-refractivity contribution is 0.298. The van der Waals surface area contributed by atoms with Gasteiger partial charge in [0, 0.05) is 18.5 Å². The number of benzene rings is 1. The molecule has 0 unspecified atom stereocenters. The number of hydrogen-bond acceptors (Lipinski definition) is 4. The third-order valence-corrected chi connectivity index (χ3v) is 3.70. The summed E-state index contributed by atoms with van der Waals surface area (Å²) in [5, 5.41) is 3.94. The Kier molecular flexibility index (Phi) is 6.04. The van der Waals surface area contributed by atoms with Gasteiger partial charge in [-0.25, -0.2) is 4.39 Å². The minimum absolute atomic E-state index is 0.257. The molecule has 1 aromatic heterocycles. The molecule has 0 aliphatic carbocycles. The third kappa shape index (κ3) is 4.99. The van der Waals surface area contributed by atoms with Gasteiger partial charge in [-0.1, -0.05) is 36.4 Å². The molecule has 0 spiro atoms. The first-order chi connectivity index (χ1) is 11.0. The second-order valence-electron chi connectivity index (χ2n) is 5.91. The third-order valence-electron chi connectivity index (χ3n) is 3.70. The Morgan fingerprint density at radius 3 is 2.83 bits per heavy atom. The maximum Gasteiger partial charge on any atom is 0.227 e. The molecule has 0 atom stereocenters. The topological polar surface area (TPSA) is 42.2 Å². The van der Waals surface area contributed by atoms with E-state index < -0.39 is 0 Å². The van der Waals surface area contributed by atoms with Crippen LogP contribution in [0.2, 0.25) is 0 Å². The molecule has 4 nitrogen and oxygen atoms in total. The van der Waals surface area contributed by atoms with Gasteiger partial charge in [0.05, 0.1) is 0 Å². The van der Waals surface area contributed by atoms with Crippen LogP contribution in [0.5, 0.6) is 0 Å². The lowest BCUT2D eigenvalue weighted by atomic mass is 10.1. The summed E-state index contributed by atoms with van der Waals surface area (Å²) in [5.41, 5.74) is 2.41. The van der Waals surface area contributed by atoms with Crippen LogP contribution < -0.4 is 0 Å². The van der Waals surface area contributed by atoms with Gasteiger partial charge in [-0.2, -0.15) is 4.98 Å². The summed E-state index contributed by atoms with van der Waals surface area (Å²) in [4.78, 5) is 6.68. The zero-order valence-corrected chi connectivity index (χ0v) is 14.1. The van der Waals surface area contributed by atoms with E-state index in [0.717, 1.165) is 31.6 Å². The van der Waals surface area contributed by atoms with Crippen LogP contribution in [0.25, 0.3) is 11.4 Å². The minimum Gasteiger partial charge on any atom is -0.339 e. The first-order valence-corrected chi connectivity index (χ1v) is 7.95. The van der Waals surface area contributed by atoms with Crippen molar-refractivity contribution < 1.29 is 8.91 Å². The van der Waals surface area contributed by atoms with Crippen LogP contribution in [0.1, 0.15) is 31.7 Å². The molecule has 0 aliphatic heterocycles. The average Bonchev–Trinajstić information content (AvgIpc) is 2.97. The molecule has 0 aliphatic rings. The van der Waals surface area contributed by atoms with Crippen LogP contribution in [-0.4, -0.2) is 34.7 Å². The summed E-state index contributed by atoms with van der Waals surface area (Å²) in [6, 6.07) is 4.96. The van der Waals surface area contributed by atoms with Gasteiger partial charge < -0.3 is 4.52 Å². The van der Waals surface area contributed by atoms with Gasteiger partial charge in [0.1, 0.15) is 5.82 Å². The molecule has 1 aromatic carbocycles. The number of nitrogens with zero attached hydrogens (tertiary/aromatic N) is 3. The van der Waals surface area contributed by atoms with Crippen LogP contribution in [-0.2, 0) is 6.42 Å². The van der Waals surface area contributed by atoms with Crippen LogP contribution in [0.3, 0.4) is 0 Å². The molecule has 23 heavy (non-hydrogen) atoms. The molecule has 0 radical (unpaired) electrons. The first-order valence-electron chi connectivity index (χ1n) is 7.95. The van der Waals surface area contributed by atoms with E-state index in [0.29, 0.717) is 29.3 Å². The standard InChI is InChI=1S/C18H24FN3O/c1-5-22(12-13(2)3)10-6-7-17-20-18(21-23-17)15-9-8-14(4)16(19)11-15/h8-9,11H,2,5-7,10,12H2,1,3-4H3. The van der Waals surface area contributed by atoms with Crippen molar-refractivity contribution in [2.24, 2.45) is 0 Å². The van der Waals surface area contributed by atoms with Crippen molar-refractivity contribution in [2.45, 2.75) is 33.6 Å². The van der Waals surface area contributed by atoms with Gasteiger partial charge >= 0.3 is 0 Å². The first kappa shape index (κ1) is 17.3. The number of likely N-dealkylation sites (N-methyl/N-ethyl adjacent to an activating group) is 1. The highest BCUT2D eigenvalue weighted by atomic mass is 19.1. The lowest BCUT2D eigenvalue weighted by Gasteiger charge is -2.19. The normalized spacial score (nSPS) is 11.2. The van der Waals surface area contributed by atoms with Crippen LogP contribution in [0, 0.1) is 12.7 Å². The van der Waals surface area contributed by atoms with Crippen molar-refractivity contribution in [2.75, 3.05) is 19.6 Å². The molecule has 0 saturated carbocycles. The van der Waals surface area contributed by atoms with Gasteiger partial charge in [0.2, 0.25) is 11.7 Å². The summed E-state index contributed by atoms with van der Waals surface area (Å²) in [6.07, 6.45) is 1.65. The Labute approximate surface area is 137 Å². The average molecular weight is 317 g/mol. The van der Waals surface area contributed by atoms with E-state index in [-0.39, 0.29) is 5.82 Å². The zero-order chi connectivity index (χ0) is 16.8. The highest BCUT2D eigenvalue weighted by Crippen LogP contribution is 2.19. The van der Waals surface area contributed by atoms with Gasteiger partial charge in [-0.15, -0.1) is 0 Å². The van der Waals surface area contributed by atoms with Gasteiger partial charge in [0.25, 0.3) is 0 Å². The van der Waals surface area contributed by atoms with Crippen molar-refractivity contribution in [1.29, 1.82) is 0 Å². The van der Waals surface area contributed by atoms with E-state index in [4.69, 9.17) is 4.52 Å². The lowest BCUT2D eigenvalue weighted by Crippen LogP contribution is -2.26. The molecule has 0 amide bonds. The molecule has 0 bridgehead atoms.